The van der Waals surface area contributed by atoms with Gasteiger partial charge in [-0.15, -0.1) is 10.2 Å². The number of aromatic nitrogens is 4. The Morgan fingerprint density at radius 1 is 1.25 bits per heavy atom. The Morgan fingerprint density at radius 2 is 2.05 bits per heavy atom. The predicted molar refractivity (Wildman–Crippen MR) is 77.0 cm³/mol. The van der Waals surface area contributed by atoms with Gasteiger partial charge in [0.25, 0.3) is 0 Å². The predicted octanol–water partition coefficient (Wildman–Crippen LogP) is 2.64. The highest BCUT2D eigenvalue weighted by Crippen LogP contribution is 2.29. The maximum Gasteiger partial charge on any atom is 0.197 e. The van der Waals surface area contributed by atoms with Crippen LogP contribution in [0.15, 0.2) is 40.5 Å². The van der Waals surface area contributed by atoms with E-state index in [0.29, 0.717) is 15.7 Å². The topological polar surface area (TPSA) is 60.7 Å². The average molecular weight is 284 g/mol. The van der Waals surface area contributed by atoms with Crippen molar-refractivity contribution in [3.63, 3.8) is 0 Å². The summed E-state index contributed by atoms with van der Waals surface area (Å²) in [6, 6.07) is 9.57. The van der Waals surface area contributed by atoms with E-state index in [1.54, 1.807) is 0 Å². The summed E-state index contributed by atoms with van der Waals surface area (Å²) in [4.78, 5) is 15.8. The highest BCUT2D eigenvalue weighted by molar-refractivity contribution is 7.99. The summed E-state index contributed by atoms with van der Waals surface area (Å²) < 4.78 is 1.87. The van der Waals surface area contributed by atoms with Crippen molar-refractivity contribution < 1.29 is 4.79 Å². The number of aryl methyl sites for hydroxylation is 1. The fourth-order valence-corrected chi connectivity index (χ4v) is 2.74. The second-order valence-electron chi connectivity index (χ2n) is 4.38. The number of hydrogen-bond donors (Lipinski definition) is 0. The van der Waals surface area contributed by atoms with Crippen LogP contribution in [0.25, 0.3) is 10.9 Å². The van der Waals surface area contributed by atoms with E-state index in [9.17, 15) is 4.79 Å². The molecule has 0 fully saturated rings. The molecule has 2 heterocycles. The summed E-state index contributed by atoms with van der Waals surface area (Å²) in [6.45, 7) is 1.88. The molecule has 5 nitrogen and oxygen atoms in total. The molecule has 20 heavy (non-hydrogen) atoms. The smallest absolute Gasteiger partial charge is 0.197 e. The van der Waals surface area contributed by atoms with Crippen LogP contribution in [-0.2, 0) is 7.05 Å². The molecule has 3 aromatic rings. The van der Waals surface area contributed by atoms with Crippen LogP contribution in [0.2, 0.25) is 0 Å². The highest BCUT2D eigenvalue weighted by atomic mass is 32.2. The van der Waals surface area contributed by atoms with E-state index in [0.717, 1.165) is 23.0 Å². The lowest BCUT2D eigenvalue weighted by atomic mass is 10.2. The van der Waals surface area contributed by atoms with Crippen molar-refractivity contribution in [1.82, 2.24) is 19.7 Å². The molecule has 0 saturated heterocycles. The normalized spacial score (nSPS) is 10.9. The number of pyridine rings is 1. The lowest BCUT2D eigenvalue weighted by molar-refractivity contribution is 0.112. The molecule has 0 aliphatic carbocycles. The lowest BCUT2D eigenvalue weighted by Crippen LogP contribution is -1.96. The number of aldehydes is 1. The van der Waals surface area contributed by atoms with E-state index in [-0.39, 0.29) is 0 Å². The molecule has 0 radical (unpaired) electrons. The molecule has 1 aromatic carbocycles. The first kappa shape index (κ1) is 12.8. The van der Waals surface area contributed by atoms with Crippen LogP contribution >= 0.6 is 11.8 Å². The lowest BCUT2D eigenvalue weighted by Gasteiger charge is -2.05. The average Bonchev–Trinajstić information content (AvgIpc) is 2.78. The summed E-state index contributed by atoms with van der Waals surface area (Å²) in [5.41, 5.74) is 1.42. The van der Waals surface area contributed by atoms with Crippen molar-refractivity contribution in [2.24, 2.45) is 7.05 Å². The maximum atomic E-state index is 11.3. The fraction of sp³-hybridized carbons (Fsp3) is 0.143. The number of nitrogens with zero attached hydrogens (tertiary/aromatic N) is 4. The molecule has 0 unspecified atom stereocenters. The SMILES string of the molecule is Cc1nnc(Sc2nc3ccccc3cc2C=O)n1C. The molecule has 0 amide bonds. The van der Waals surface area contributed by atoms with Crippen molar-refractivity contribution in [3.05, 3.63) is 41.7 Å². The molecule has 2 aromatic heterocycles. The standard InChI is InChI=1S/C14H12N4OS/c1-9-16-17-14(18(9)2)20-13-11(8-19)7-10-5-3-4-6-12(10)15-13/h3-8H,1-2H3. The summed E-state index contributed by atoms with van der Waals surface area (Å²) in [5, 5.41) is 10.4. The van der Waals surface area contributed by atoms with E-state index in [2.05, 4.69) is 15.2 Å². The highest BCUT2D eigenvalue weighted by Gasteiger charge is 2.12. The first-order chi connectivity index (χ1) is 9.69. The van der Waals surface area contributed by atoms with Crippen LogP contribution in [0.1, 0.15) is 16.2 Å². The summed E-state index contributed by atoms with van der Waals surface area (Å²) in [7, 11) is 1.89. The number of carbonyl (C=O) groups excluding carboxylic acids is 1. The van der Waals surface area contributed by atoms with Crippen molar-refractivity contribution in [2.75, 3.05) is 0 Å². The first-order valence-electron chi connectivity index (χ1n) is 6.08. The van der Waals surface area contributed by atoms with Gasteiger partial charge in [0.1, 0.15) is 10.9 Å². The number of carbonyl (C=O) groups is 1. The van der Waals surface area contributed by atoms with Crippen molar-refractivity contribution in [1.29, 1.82) is 0 Å². The molecular formula is C14H12N4OS. The number of rotatable bonds is 3. The minimum absolute atomic E-state index is 0.564. The van der Waals surface area contributed by atoms with Crippen LogP contribution in [-0.4, -0.2) is 26.0 Å². The van der Waals surface area contributed by atoms with Gasteiger partial charge in [-0.25, -0.2) is 4.98 Å². The Kier molecular flexibility index (Phi) is 3.23. The van der Waals surface area contributed by atoms with Gasteiger partial charge in [0.2, 0.25) is 0 Å². The van der Waals surface area contributed by atoms with Gasteiger partial charge in [-0.05, 0) is 30.8 Å². The van der Waals surface area contributed by atoms with Gasteiger partial charge in [0.05, 0.1) is 5.52 Å². The van der Waals surface area contributed by atoms with Gasteiger partial charge in [-0.1, -0.05) is 18.2 Å². The molecule has 0 spiro atoms. The molecule has 100 valence electrons. The molecular weight excluding hydrogens is 272 g/mol. The van der Waals surface area contributed by atoms with Gasteiger partial charge in [0, 0.05) is 18.0 Å². The number of fused-ring (bicyclic) bond motifs is 1. The zero-order valence-electron chi connectivity index (χ0n) is 11.1. The van der Waals surface area contributed by atoms with E-state index in [1.807, 2.05) is 48.9 Å². The maximum absolute atomic E-state index is 11.3. The van der Waals surface area contributed by atoms with Crippen LogP contribution in [0.3, 0.4) is 0 Å². The molecule has 0 N–H and O–H groups in total. The molecule has 0 bridgehead atoms. The van der Waals surface area contributed by atoms with Crippen LogP contribution in [0.5, 0.6) is 0 Å². The minimum Gasteiger partial charge on any atom is -0.309 e. The largest absolute Gasteiger partial charge is 0.309 e. The third-order valence-electron chi connectivity index (χ3n) is 3.08. The molecule has 0 atom stereocenters. The van der Waals surface area contributed by atoms with Gasteiger partial charge in [-0.3, -0.25) is 4.79 Å². The molecule has 0 aliphatic rings. The summed E-state index contributed by atoms with van der Waals surface area (Å²) in [5.74, 6) is 0.820. The second kappa shape index (κ2) is 5.05. The van der Waals surface area contributed by atoms with Gasteiger partial charge >= 0.3 is 0 Å². The Labute approximate surface area is 120 Å². The Bertz CT molecular complexity index is 797. The number of benzene rings is 1. The van der Waals surface area contributed by atoms with E-state index >= 15 is 0 Å². The number of para-hydroxylation sites is 1. The molecule has 0 saturated carbocycles. The Morgan fingerprint density at radius 3 is 2.75 bits per heavy atom. The minimum atomic E-state index is 0.564. The van der Waals surface area contributed by atoms with Gasteiger partial charge < -0.3 is 4.57 Å². The van der Waals surface area contributed by atoms with E-state index in [1.165, 1.54) is 11.8 Å². The monoisotopic (exact) mass is 284 g/mol. The van der Waals surface area contributed by atoms with Crippen LogP contribution < -0.4 is 0 Å². The molecule has 3 rings (SSSR count). The second-order valence-corrected chi connectivity index (χ2v) is 5.34. The third kappa shape index (κ3) is 2.18. The quantitative estimate of drug-likeness (QED) is 0.692. The fourth-order valence-electron chi connectivity index (χ4n) is 1.84. The van der Waals surface area contributed by atoms with Crippen molar-refractivity contribution in [3.8, 4) is 0 Å². The van der Waals surface area contributed by atoms with Crippen molar-refractivity contribution in [2.45, 2.75) is 17.1 Å². The van der Waals surface area contributed by atoms with E-state index < -0.39 is 0 Å². The van der Waals surface area contributed by atoms with E-state index in [4.69, 9.17) is 0 Å². The zero-order valence-corrected chi connectivity index (χ0v) is 11.9. The Hall–Kier alpha value is -2.21. The van der Waals surface area contributed by atoms with Crippen molar-refractivity contribution >= 4 is 29.0 Å². The summed E-state index contributed by atoms with van der Waals surface area (Å²) >= 11 is 1.35. The Balaban J connectivity index is 2.10. The van der Waals surface area contributed by atoms with Gasteiger partial charge in [-0.2, -0.15) is 0 Å². The van der Waals surface area contributed by atoms with Crippen LogP contribution in [0, 0.1) is 6.92 Å². The third-order valence-corrected chi connectivity index (χ3v) is 4.14. The summed E-state index contributed by atoms with van der Waals surface area (Å²) in [6.07, 6.45) is 0.824. The molecule has 0 aliphatic heterocycles. The zero-order chi connectivity index (χ0) is 14.1. The number of hydrogen-bond acceptors (Lipinski definition) is 5. The first-order valence-corrected chi connectivity index (χ1v) is 6.89. The molecule has 6 heteroatoms. The van der Waals surface area contributed by atoms with Crippen LogP contribution in [0.4, 0.5) is 0 Å². The van der Waals surface area contributed by atoms with Gasteiger partial charge in [0.15, 0.2) is 11.4 Å².